The fourth-order valence-corrected chi connectivity index (χ4v) is 2.13. The van der Waals surface area contributed by atoms with E-state index in [0.717, 1.165) is 0 Å². The highest BCUT2D eigenvalue weighted by molar-refractivity contribution is 7.79. The number of benzene rings is 1. The summed E-state index contributed by atoms with van der Waals surface area (Å²) in [5, 5.41) is 19.5. The lowest BCUT2D eigenvalue weighted by atomic mass is 10.1. The molecule has 2 N–H and O–H groups in total. The summed E-state index contributed by atoms with van der Waals surface area (Å²) in [6, 6.07) is 8.88. The van der Waals surface area contributed by atoms with Crippen LogP contribution in [0.5, 0.6) is 5.75 Å². The second-order valence-electron chi connectivity index (χ2n) is 4.46. The van der Waals surface area contributed by atoms with E-state index in [1.54, 1.807) is 31.2 Å². The monoisotopic (exact) mass is 314 g/mol. The fraction of sp³-hybridized carbons (Fsp3) is 0.500. The smallest absolute Gasteiger partial charge is 0.358 e. The summed E-state index contributed by atoms with van der Waals surface area (Å²) in [4.78, 5) is 0. The Labute approximate surface area is 128 Å². The van der Waals surface area contributed by atoms with Gasteiger partial charge < -0.3 is 29.2 Å². The van der Waals surface area contributed by atoms with E-state index < -0.39 is 24.6 Å². The van der Waals surface area contributed by atoms with Gasteiger partial charge in [0, 0.05) is 18.8 Å². The minimum Gasteiger partial charge on any atom is -0.445 e. The fourth-order valence-electron chi connectivity index (χ4n) is 1.92. The van der Waals surface area contributed by atoms with Gasteiger partial charge >= 0.3 is 5.24 Å². The molecule has 1 saturated heterocycles. The lowest BCUT2D eigenvalue weighted by Gasteiger charge is -2.37. The van der Waals surface area contributed by atoms with Crippen molar-refractivity contribution in [2.24, 2.45) is 0 Å². The van der Waals surface area contributed by atoms with Gasteiger partial charge in [-0.05, 0) is 19.1 Å². The van der Waals surface area contributed by atoms with Crippen LogP contribution in [0.25, 0.3) is 0 Å². The zero-order valence-corrected chi connectivity index (χ0v) is 12.4. The summed E-state index contributed by atoms with van der Waals surface area (Å²) in [5.41, 5.74) is 0. The standard InChI is InChI=1S/C14H18O6S/c1-2-17-13-12(11(16)10(15)8-18-13)20-14(21)19-9-6-4-3-5-7-9/h3-7,10-13,15-16H,2,8H2,1H3/t10-,11+,12-,13+/m1/s1. The molecule has 0 aliphatic carbocycles. The van der Waals surface area contributed by atoms with Crippen LogP contribution in [0, 0.1) is 0 Å². The molecule has 0 spiro atoms. The molecule has 0 amide bonds. The number of hydrogen-bond acceptors (Lipinski definition) is 7. The molecule has 1 heterocycles. The molecule has 116 valence electrons. The Hall–Kier alpha value is -1.25. The van der Waals surface area contributed by atoms with Gasteiger partial charge in [-0.1, -0.05) is 18.2 Å². The third kappa shape index (κ3) is 4.36. The molecule has 0 bridgehead atoms. The molecule has 2 rings (SSSR count). The molecular weight excluding hydrogens is 296 g/mol. The Bertz CT molecular complexity index is 454. The summed E-state index contributed by atoms with van der Waals surface area (Å²) < 4.78 is 21.3. The second kappa shape index (κ2) is 7.67. The molecular formula is C14H18O6S. The molecule has 1 aromatic carbocycles. The van der Waals surface area contributed by atoms with Gasteiger partial charge in [-0.2, -0.15) is 0 Å². The molecule has 0 aromatic heterocycles. The van der Waals surface area contributed by atoms with E-state index in [9.17, 15) is 10.2 Å². The van der Waals surface area contributed by atoms with E-state index in [4.69, 9.17) is 31.2 Å². The molecule has 0 unspecified atom stereocenters. The maximum atomic E-state index is 10.00. The lowest BCUT2D eigenvalue weighted by molar-refractivity contribution is -0.265. The Morgan fingerprint density at radius 1 is 1.33 bits per heavy atom. The van der Waals surface area contributed by atoms with Gasteiger partial charge in [-0.15, -0.1) is 0 Å². The van der Waals surface area contributed by atoms with Gasteiger partial charge in [0.2, 0.25) is 0 Å². The van der Waals surface area contributed by atoms with Crippen molar-refractivity contribution in [2.45, 2.75) is 31.5 Å². The summed E-state index contributed by atoms with van der Waals surface area (Å²) in [5.74, 6) is 0.516. The molecule has 1 aliphatic heterocycles. The average Bonchev–Trinajstić information content (AvgIpc) is 2.48. The number of para-hydroxylation sites is 1. The van der Waals surface area contributed by atoms with Crippen molar-refractivity contribution in [3.05, 3.63) is 30.3 Å². The number of thiocarbonyl (C=S) groups is 1. The van der Waals surface area contributed by atoms with E-state index in [-0.39, 0.29) is 11.8 Å². The first-order chi connectivity index (χ1) is 10.1. The number of aliphatic hydroxyl groups excluding tert-OH is 2. The van der Waals surface area contributed by atoms with Crippen LogP contribution in [-0.4, -0.2) is 53.3 Å². The highest BCUT2D eigenvalue weighted by atomic mass is 32.1. The van der Waals surface area contributed by atoms with E-state index in [0.29, 0.717) is 12.4 Å². The van der Waals surface area contributed by atoms with Gasteiger partial charge in [0.1, 0.15) is 18.0 Å². The van der Waals surface area contributed by atoms with Crippen LogP contribution in [0.3, 0.4) is 0 Å². The van der Waals surface area contributed by atoms with Crippen molar-refractivity contribution in [3.8, 4) is 5.75 Å². The first-order valence-electron chi connectivity index (χ1n) is 6.64. The van der Waals surface area contributed by atoms with Crippen molar-refractivity contribution in [2.75, 3.05) is 13.2 Å². The Morgan fingerprint density at radius 3 is 2.71 bits per heavy atom. The first kappa shape index (κ1) is 16.1. The van der Waals surface area contributed by atoms with Crippen molar-refractivity contribution in [3.63, 3.8) is 0 Å². The Morgan fingerprint density at radius 2 is 2.05 bits per heavy atom. The Kier molecular flexibility index (Phi) is 5.89. The molecule has 0 radical (unpaired) electrons. The van der Waals surface area contributed by atoms with E-state index in [1.807, 2.05) is 6.07 Å². The number of hydrogen-bond donors (Lipinski definition) is 2. The predicted molar refractivity (Wildman–Crippen MR) is 77.9 cm³/mol. The third-order valence-electron chi connectivity index (χ3n) is 2.94. The number of aliphatic hydroxyl groups is 2. The normalized spacial score (nSPS) is 28.9. The summed E-state index contributed by atoms with van der Waals surface area (Å²) in [6.07, 6.45) is -4.01. The SMILES string of the molecule is CCO[C@H]1OC[C@@H](O)[C@H](O)[C@H]1OC(=S)Oc1ccccc1. The molecule has 7 heteroatoms. The van der Waals surface area contributed by atoms with Crippen LogP contribution in [0.1, 0.15) is 6.92 Å². The maximum absolute atomic E-state index is 10.00. The van der Waals surface area contributed by atoms with Crippen molar-refractivity contribution < 1.29 is 29.2 Å². The number of rotatable bonds is 4. The van der Waals surface area contributed by atoms with Crippen LogP contribution >= 0.6 is 12.2 Å². The van der Waals surface area contributed by atoms with Crippen LogP contribution in [0.2, 0.25) is 0 Å². The summed E-state index contributed by atoms with van der Waals surface area (Å²) in [6.45, 7) is 2.13. The molecule has 1 aliphatic rings. The lowest BCUT2D eigenvalue weighted by Crippen LogP contribution is -2.55. The van der Waals surface area contributed by atoms with Gasteiger partial charge in [0.15, 0.2) is 12.4 Å². The molecule has 21 heavy (non-hydrogen) atoms. The van der Waals surface area contributed by atoms with Crippen molar-refractivity contribution in [1.82, 2.24) is 0 Å². The van der Waals surface area contributed by atoms with Crippen LogP contribution in [0.15, 0.2) is 30.3 Å². The summed E-state index contributed by atoms with van der Waals surface area (Å²) in [7, 11) is 0. The van der Waals surface area contributed by atoms with Gasteiger partial charge in [-0.3, -0.25) is 0 Å². The second-order valence-corrected chi connectivity index (χ2v) is 4.80. The van der Waals surface area contributed by atoms with Crippen LogP contribution in [-0.2, 0) is 14.2 Å². The topological polar surface area (TPSA) is 77.4 Å². The predicted octanol–water partition coefficient (Wildman–Crippen LogP) is 0.850. The van der Waals surface area contributed by atoms with Gasteiger partial charge in [0.05, 0.1) is 6.61 Å². The molecule has 0 saturated carbocycles. The molecule has 1 aromatic rings. The minimum absolute atomic E-state index is 0.0298. The van der Waals surface area contributed by atoms with Gasteiger partial charge in [-0.25, -0.2) is 0 Å². The van der Waals surface area contributed by atoms with Crippen LogP contribution in [0.4, 0.5) is 0 Å². The summed E-state index contributed by atoms with van der Waals surface area (Å²) >= 11 is 5.00. The average molecular weight is 314 g/mol. The highest BCUT2D eigenvalue weighted by Crippen LogP contribution is 2.21. The third-order valence-corrected chi connectivity index (χ3v) is 3.12. The van der Waals surface area contributed by atoms with E-state index in [2.05, 4.69) is 0 Å². The molecule has 6 nitrogen and oxygen atoms in total. The van der Waals surface area contributed by atoms with Crippen molar-refractivity contribution >= 4 is 17.5 Å². The van der Waals surface area contributed by atoms with Gasteiger partial charge in [0.25, 0.3) is 0 Å². The zero-order chi connectivity index (χ0) is 15.2. The quantitative estimate of drug-likeness (QED) is 0.798. The van der Waals surface area contributed by atoms with Crippen molar-refractivity contribution in [1.29, 1.82) is 0 Å². The zero-order valence-electron chi connectivity index (χ0n) is 11.5. The highest BCUT2D eigenvalue weighted by Gasteiger charge is 2.42. The largest absolute Gasteiger partial charge is 0.445 e. The van der Waals surface area contributed by atoms with E-state index in [1.165, 1.54) is 0 Å². The maximum Gasteiger partial charge on any atom is 0.358 e. The molecule has 1 fully saturated rings. The Balaban J connectivity index is 1.98. The molecule has 4 atom stereocenters. The first-order valence-corrected chi connectivity index (χ1v) is 7.05. The minimum atomic E-state index is -1.17. The van der Waals surface area contributed by atoms with Crippen LogP contribution < -0.4 is 4.74 Å². The van der Waals surface area contributed by atoms with E-state index >= 15 is 0 Å². The number of ether oxygens (including phenoxy) is 4.